The van der Waals surface area contributed by atoms with Crippen molar-refractivity contribution in [3.8, 4) is 0 Å². The summed E-state index contributed by atoms with van der Waals surface area (Å²) in [7, 11) is 0. The quantitative estimate of drug-likeness (QED) is 0.630. The van der Waals surface area contributed by atoms with E-state index in [1.54, 1.807) is 20.8 Å². The molecule has 0 aliphatic rings. The molecule has 0 fully saturated rings. The first-order chi connectivity index (χ1) is 6.74. The van der Waals surface area contributed by atoms with Gasteiger partial charge in [0.25, 0.3) is 0 Å². The molecule has 0 aliphatic carbocycles. The lowest BCUT2D eigenvalue weighted by Gasteiger charge is -2.22. The van der Waals surface area contributed by atoms with Crippen LogP contribution < -0.4 is 11.1 Å². The lowest BCUT2D eigenvalue weighted by atomic mass is 10.2. The van der Waals surface area contributed by atoms with Gasteiger partial charge in [-0.3, -0.25) is 4.79 Å². The molecule has 0 spiro atoms. The van der Waals surface area contributed by atoms with Crippen LogP contribution in [-0.4, -0.2) is 35.4 Å². The van der Waals surface area contributed by atoms with Gasteiger partial charge in [-0.25, -0.2) is 4.79 Å². The van der Waals surface area contributed by atoms with Crippen molar-refractivity contribution >= 4 is 12.1 Å². The molecule has 0 aliphatic heterocycles. The average Bonchev–Trinajstić information content (AvgIpc) is 1.98. The summed E-state index contributed by atoms with van der Waals surface area (Å²) in [5.74, 6) is -1.01. The topological polar surface area (TPSA) is 102 Å². The molecular weight excluding hydrogens is 200 g/mol. The van der Waals surface area contributed by atoms with Crippen LogP contribution in [-0.2, 0) is 9.53 Å². The van der Waals surface area contributed by atoms with Gasteiger partial charge >= 0.3 is 12.1 Å². The molecular formula is C9H18N2O4. The zero-order valence-corrected chi connectivity index (χ0v) is 9.24. The molecule has 0 rings (SSSR count). The van der Waals surface area contributed by atoms with Gasteiger partial charge in [-0.05, 0) is 20.8 Å². The van der Waals surface area contributed by atoms with Crippen LogP contribution in [0, 0.1) is 0 Å². The van der Waals surface area contributed by atoms with Crippen LogP contribution in [0.2, 0.25) is 0 Å². The Hall–Kier alpha value is -1.30. The number of alkyl carbamates (subject to hydrolysis) is 1. The minimum absolute atomic E-state index is 0.0611. The van der Waals surface area contributed by atoms with Crippen LogP contribution >= 0.6 is 0 Å². The summed E-state index contributed by atoms with van der Waals surface area (Å²) in [6.45, 7) is 5.23. The molecule has 1 atom stereocenters. The summed E-state index contributed by atoms with van der Waals surface area (Å²) < 4.78 is 4.95. The first-order valence-electron chi connectivity index (χ1n) is 4.66. The second-order valence-electron chi connectivity index (χ2n) is 4.18. The first-order valence-corrected chi connectivity index (χ1v) is 4.66. The van der Waals surface area contributed by atoms with Gasteiger partial charge in [-0.1, -0.05) is 0 Å². The van der Waals surface area contributed by atoms with Crippen molar-refractivity contribution in [2.45, 2.75) is 38.8 Å². The second kappa shape index (κ2) is 5.55. The molecule has 0 radical (unpaired) electrons. The smallest absolute Gasteiger partial charge is 0.407 e. The molecule has 0 bridgehead atoms. The Kier molecular flexibility index (Phi) is 5.07. The van der Waals surface area contributed by atoms with Crippen LogP contribution in [0.25, 0.3) is 0 Å². The van der Waals surface area contributed by atoms with Crippen molar-refractivity contribution in [3.05, 3.63) is 0 Å². The third kappa shape index (κ3) is 7.75. The van der Waals surface area contributed by atoms with Gasteiger partial charge in [0.15, 0.2) is 0 Å². The zero-order valence-electron chi connectivity index (χ0n) is 9.24. The fourth-order valence-corrected chi connectivity index (χ4v) is 0.878. The predicted molar refractivity (Wildman–Crippen MR) is 54.5 cm³/mol. The summed E-state index contributed by atoms with van der Waals surface area (Å²) >= 11 is 0. The van der Waals surface area contributed by atoms with Crippen LogP contribution in [0.15, 0.2) is 0 Å². The average molecular weight is 218 g/mol. The third-order valence-electron chi connectivity index (χ3n) is 1.43. The standard InChI is InChI=1S/C9H18N2O4/c1-9(2,3)15-8(14)11-6(5-10)4-7(12)13/h6H,4-5,10H2,1-3H3,(H,11,14)(H,12,13)/t6-/m0/s1. The number of nitrogens with one attached hydrogen (secondary N) is 1. The zero-order chi connectivity index (χ0) is 12.1. The Labute approximate surface area is 88.8 Å². The highest BCUT2D eigenvalue weighted by atomic mass is 16.6. The molecule has 0 saturated heterocycles. The maximum Gasteiger partial charge on any atom is 0.407 e. The van der Waals surface area contributed by atoms with E-state index < -0.39 is 23.7 Å². The molecule has 6 nitrogen and oxygen atoms in total. The maximum absolute atomic E-state index is 11.2. The van der Waals surface area contributed by atoms with Crippen molar-refractivity contribution in [1.82, 2.24) is 5.32 Å². The number of carboxylic acid groups (broad SMARTS) is 1. The summed E-state index contributed by atoms with van der Waals surface area (Å²) in [6, 6.07) is -0.600. The highest BCUT2D eigenvalue weighted by Gasteiger charge is 2.20. The molecule has 1 amide bonds. The van der Waals surface area contributed by atoms with Crippen LogP contribution in [0.5, 0.6) is 0 Å². The van der Waals surface area contributed by atoms with Gasteiger partial charge in [-0.15, -0.1) is 0 Å². The van der Waals surface area contributed by atoms with Crippen molar-refractivity contribution in [2.75, 3.05) is 6.54 Å². The summed E-state index contributed by atoms with van der Waals surface area (Å²) in [5.41, 5.74) is 4.69. The van der Waals surface area contributed by atoms with Crippen molar-refractivity contribution in [1.29, 1.82) is 0 Å². The lowest BCUT2D eigenvalue weighted by Crippen LogP contribution is -2.44. The molecule has 4 N–H and O–H groups in total. The van der Waals surface area contributed by atoms with E-state index in [9.17, 15) is 9.59 Å². The molecule has 0 aromatic rings. The molecule has 0 heterocycles. The molecule has 6 heteroatoms. The Morgan fingerprint density at radius 1 is 1.47 bits per heavy atom. The van der Waals surface area contributed by atoms with Gasteiger partial charge in [0.1, 0.15) is 5.60 Å². The van der Waals surface area contributed by atoms with Crippen LogP contribution in [0.4, 0.5) is 4.79 Å². The Morgan fingerprint density at radius 3 is 2.33 bits per heavy atom. The maximum atomic E-state index is 11.2. The van der Waals surface area contributed by atoms with E-state index >= 15 is 0 Å². The third-order valence-corrected chi connectivity index (χ3v) is 1.43. The van der Waals surface area contributed by atoms with Crippen molar-refractivity contribution in [2.24, 2.45) is 5.73 Å². The number of hydrogen-bond donors (Lipinski definition) is 3. The number of aliphatic carboxylic acids is 1. The summed E-state index contributed by atoms with van der Waals surface area (Å²) in [6.07, 6.45) is -0.866. The largest absolute Gasteiger partial charge is 0.481 e. The molecule has 0 aromatic carbocycles. The Balaban J connectivity index is 4.07. The molecule has 0 unspecified atom stereocenters. The van der Waals surface area contributed by atoms with Crippen LogP contribution in [0.3, 0.4) is 0 Å². The number of carboxylic acids is 1. The molecule has 0 aromatic heterocycles. The lowest BCUT2D eigenvalue weighted by molar-refractivity contribution is -0.137. The minimum atomic E-state index is -1.01. The fraction of sp³-hybridized carbons (Fsp3) is 0.778. The van der Waals surface area contributed by atoms with E-state index in [1.165, 1.54) is 0 Å². The number of carbonyl (C=O) groups excluding carboxylic acids is 1. The van der Waals surface area contributed by atoms with Gasteiger partial charge in [0.05, 0.1) is 12.5 Å². The normalized spacial score (nSPS) is 13.1. The Morgan fingerprint density at radius 2 is 2.00 bits per heavy atom. The second-order valence-corrected chi connectivity index (χ2v) is 4.18. The Bertz CT molecular complexity index is 235. The van der Waals surface area contributed by atoms with Crippen LogP contribution in [0.1, 0.15) is 27.2 Å². The monoisotopic (exact) mass is 218 g/mol. The van der Waals surface area contributed by atoms with Crippen molar-refractivity contribution < 1.29 is 19.4 Å². The van der Waals surface area contributed by atoms with E-state index in [2.05, 4.69) is 5.32 Å². The van der Waals surface area contributed by atoms with E-state index in [4.69, 9.17) is 15.6 Å². The van der Waals surface area contributed by atoms with Gasteiger partial charge in [-0.2, -0.15) is 0 Å². The summed E-state index contributed by atoms with van der Waals surface area (Å²) in [4.78, 5) is 21.6. The van der Waals surface area contributed by atoms with E-state index in [0.29, 0.717) is 0 Å². The SMILES string of the molecule is CC(C)(C)OC(=O)N[C@H](CN)CC(=O)O. The van der Waals surface area contributed by atoms with Gasteiger partial charge < -0.3 is 20.9 Å². The number of ether oxygens (including phenoxy) is 1. The fourth-order valence-electron chi connectivity index (χ4n) is 0.878. The number of carbonyl (C=O) groups is 2. The van der Waals surface area contributed by atoms with E-state index in [1.807, 2.05) is 0 Å². The number of amides is 1. The van der Waals surface area contributed by atoms with Gasteiger partial charge in [0, 0.05) is 6.54 Å². The number of rotatable bonds is 4. The number of hydrogen-bond acceptors (Lipinski definition) is 4. The highest BCUT2D eigenvalue weighted by molar-refractivity contribution is 5.71. The van der Waals surface area contributed by atoms with E-state index in [-0.39, 0.29) is 13.0 Å². The minimum Gasteiger partial charge on any atom is -0.481 e. The van der Waals surface area contributed by atoms with Gasteiger partial charge in [0.2, 0.25) is 0 Å². The predicted octanol–water partition coefficient (Wildman–Crippen LogP) is 0.313. The molecule has 15 heavy (non-hydrogen) atoms. The first kappa shape index (κ1) is 13.7. The molecule has 88 valence electrons. The van der Waals surface area contributed by atoms with E-state index in [0.717, 1.165) is 0 Å². The summed E-state index contributed by atoms with van der Waals surface area (Å²) in [5, 5.41) is 10.9. The number of nitrogens with two attached hydrogens (primary N) is 1. The molecule has 0 saturated carbocycles. The van der Waals surface area contributed by atoms with Crippen molar-refractivity contribution in [3.63, 3.8) is 0 Å². The highest BCUT2D eigenvalue weighted by Crippen LogP contribution is 2.06.